The second-order valence-corrected chi connectivity index (χ2v) is 19.6. The minimum absolute atomic E-state index is 0.104. The molecule has 0 saturated carbocycles. The molecule has 0 aromatic carbocycles. The molecule has 0 spiro atoms. The molecule has 0 aliphatic carbocycles. The van der Waals surface area contributed by atoms with Crippen LogP contribution in [0.25, 0.3) is 0 Å². The van der Waals surface area contributed by atoms with Crippen LogP contribution in [0.3, 0.4) is 0 Å². The van der Waals surface area contributed by atoms with Crippen LogP contribution in [0, 0.1) is 17.8 Å². The zero-order valence-electron chi connectivity index (χ0n) is 40.2. The van der Waals surface area contributed by atoms with Gasteiger partial charge in [-0.2, -0.15) is 0 Å². The van der Waals surface area contributed by atoms with Gasteiger partial charge in [0.1, 0.15) is 17.8 Å². The molecule has 0 aromatic rings. The molecule has 1 amide bonds. The van der Waals surface area contributed by atoms with E-state index in [0.717, 1.165) is 19.3 Å². The van der Waals surface area contributed by atoms with Crippen LogP contribution in [0.15, 0.2) is 0 Å². The fourth-order valence-corrected chi connectivity index (χ4v) is 10.3. The topological polar surface area (TPSA) is 193 Å². The lowest BCUT2D eigenvalue weighted by molar-refractivity contribution is -0.317. The molecule has 4 saturated heterocycles. The summed E-state index contributed by atoms with van der Waals surface area (Å²) in [5.74, 6) is -2.59. The van der Waals surface area contributed by atoms with Crippen molar-refractivity contribution in [3.63, 3.8) is 0 Å². The minimum atomic E-state index is -1.58. The van der Waals surface area contributed by atoms with Crippen LogP contribution < -0.4 is 5.32 Å². The maximum absolute atomic E-state index is 14.7. The Hall–Kier alpha value is -2.35. The number of nitrogens with one attached hydrogen (secondary N) is 1. The highest BCUT2D eigenvalue weighted by atomic mass is 16.8. The predicted molar refractivity (Wildman–Crippen MR) is 229 cm³/mol. The molecule has 0 bridgehead atoms. The van der Waals surface area contributed by atoms with Gasteiger partial charge >= 0.3 is 18.2 Å². The highest BCUT2D eigenvalue weighted by Crippen LogP contribution is 2.42. The van der Waals surface area contributed by atoms with Crippen molar-refractivity contribution in [2.45, 2.75) is 211 Å². The molecule has 0 unspecified atom stereocenters. The Morgan fingerprint density at radius 1 is 0.968 bits per heavy atom. The van der Waals surface area contributed by atoms with E-state index in [4.69, 9.17) is 42.6 Å². The molecule has 4 aliphatic heterocycles. The Morgan fingerprint density at radius 3 is 2.26 bits per heavy atom. The van der Waals surface area contributed by atoms with Crippen LogP contribution in [-0.4, -0.2) is 170 Å². The normalized spacial score (nSPS) is 44.0. The van der Waals surface area contributed by atoms with Gasteiger partial charge in [0.2, 0.25) is 0 Å². The molecular formula is C45H81N3O14. The molecule has 4 heterocycles. The number of aliphatic hydroxyl groups is 2. The van der Waals surface area contributed by atoms with Crippen LogP contribution in [0.1, 0.15) is 121 Å². The van der Waals surface area contributed by atoms with Gasteiger partial charge < -0.3 is 63.1 Å². The number of aliphatic hydroxyl groups excluding tert-OH is 1. The second kappa shape index (κ2) is 21.8. The van der Waals surface area contributed by atoms with Gasteiger partial charge in [-0.05, 0) is 101 Å². The van der Waals surface area contributed by atoms with Gasteiger partial charge in [-0.15, -0.1) is 0 Å². The number of rotatable bonds is 12. The first kappa shape index (κ1) is 52.3. The number of nitrogens with zero attached hydrogens (tertiary/aromatic N) is 2. The number of likely N-dealkylation sites (N-methyl/N-ethyl adjacent to an activating group) is 2. The molecule has 360 valence electrons. The van der Waals surface area contributed by atoms with Gasteiger partial charge in [0.05, 0.1) is 35.9 Å². The smallest absolute Gasteiger partial charge is 0.458 e. The Kier molecular flexibility index (Phi) is 18.3. The van der Waals surface area contributed by atoms with E-state index in [0.29, 0.717) is 25.9 Å². The van der Waals surface area contributed by atoms with Gasteiger partial charge in [-0.25, -0.2) is 9.59 Å². The van der Waals surface area contributed by atoms with Gasteiger partial charge in [-0.1, -0.05) is 40.5 Å². The zero-order chi connectivity index (χ0) is 46.5. The van der Waals surface area contributed by atoms with Gasteiger partial charge in [0, 0.05) is 44.6 Å². The van der Waals surface area contributed by atoms with Crippen LogP contribution in [0.4, 0.5) is 9.59 Å². The number of methoxy groups -OCH3 is 1. The number of cyclic esters (lactones) is 1. The molecule has 0 aromatic heterocycles. The summed E-state index contributed by atoms with van der Waals surface area (Å²) in [6.07, 6.45) is -6.17. The number of carbonyl (C=O) groups excluding carboxylic acids is 3. The number of hydrogen-bond acceptors (Lipinski definition) is 16. The van der Waals surface area contributed by atoms with Crippen LogP contribution in [0.2, 0.25) is 0 Å². The van der Waals surface area contributed by atoms with Crippen molar-refractivity contribution in [3.8, 4) is 0 Å². The van der Waals surface area contributed by atoms with Gasteiger partial charge in [0.15, 0.2) is 30.4 Å². The quantitative estimate of drug-likeness (QED) is 0.135. The first-order valence-corrected chi connectivity index (χ1v) is 22.9. The third-order valence-electron chi connectivity index (χ3n) is 13.9. The summed E-state index contributed by atoms with van der Waals surface area (Å²) in [5, 5.41) is 27.3. The highest BCUT2D eigenvalue weighted by Gasteiger charge is 2.58. The van der Waals surface area contributed by atoms with Crippen LogP contribution >= 0.6 is 0 Å². The molecule has 62 heavy (non-hydrogen) atoms. The number of hydrogen-bond donors (Lipinski definition) is 3. The average molecular weight is 888 g/mol. The average Bonchev–Trinajstić information content (AvgIpc) is 3.51. The Balaban J connectivity index is 1.78. The standard InChI is InChI=1S/C45H81N3O14/c1-16-18-19-20-46-41(51)60-38-30(8)56-33(23-44(38,10)54-15)58-35-27(5)36(59-40-34(49)31(47(12)13)21-26(4)55-40)43(9,53)22-25(3)24-48(14)29(7)37-45(11,62-42(52)61-37)32(17-2)57-39(50)28(35)6/h25-38,40,49,53H,16-24H2,1-15H3,(H,46,51)/t25-,26-,27+,28-,29-,30+,31+,32-,33+,34-,35+,36-,37-,38+,40+,43-,44-,45-/m1/s1. The molecule has 17 nitrogen and oxygen atoms in total. The molecule has 4 aliphatic rings. The van der Waals surface area contributed by atoms with E-state index >= 15 is 0 Å². The number of fused-ring (bicyclic) bond motifs is 1. The molecule has 4 fully saturated rings. The minimum Gasteiger partial charge on any atom is -0.458 e. The van der Waals surface area contributed by atoms with E-state index < -0.39 is 102 Å². The van der Waals surface area contributed by atoms with Crippen molar-refractivity contribution in [3.05, 3.63) is 0 Å². The predicted octanol–water partition coefficient (Wildman–Crippen LogP) is 5.01. The first-order chi connectivity index (χ1) is 28.9. The Bertz CT molecular complexity index is 1470. The van der Waals surface area contributed by atoms with Crippen molar-refractivity contribution in [2.24, 2.45) is 17.8 Å². The summed E-state index contributed by atoms with van der Waals surface area (Å²) in [5.41, 5.74) is -3.98. The van der Waals surface area contributed by atoms with E-state index in [1.807, 2.05) is 72.5 Å². The van der Waals surface area contributed by atoms with Crippen LogP contribution in [-0.2, 0) is 47.4 Å². The molecular weight excluding hydrogens is 807 g/mol. The van der Waals surface area contributed by atoms with Crippen molar-refractivity contribution < 1.29 is 67.2 Å². The lowest BCUT2D eigenvalue weighted by atomic mass is 9.77. The zero-order valence-corrected chi connectivity index (χ0v) is 40.2. The number of esters is 1. The monoisotopic (exact) mass is 888 g/mol. The third kappa shape index (κ3) is 12.1. The largest absolute Gasteiger partial charge is 0.509 e. The highest BCUT2D eigenvalue weighted by molar-refractivity contribution is 5.73. The lowest BCUT2D eigenvalue weighted by Crippen LogP contribution is -2.61. The molecule has 18 atom stereocenters. The molecule has 3 N–H and O–H groups in total. The maximum Gasteiger partial charge on any atom is 0.509 e. The fourth-order valence-electron chi connectivity index (χ4n) is 10.3. The number of unbranched alkanes of at least 4 members (excludes halogenated alkanes) is 2. The van der Waals surface area contributed by atoms with E-state index in [1.165, 1.54) is 7.11 Å². The van der Waals surface area contributed by atoms with E-state index in [2.05, 4.69) is 12.2 Å². The number of alkyl carbamates (subject to hydrolysis) is 1. The van der Waals surface area contributed by atoms with Gasteiger partial charge in [0.25, 0.3) is 0 Å². The molecule has 0 radical (unpaired) electrons. The van der Waals surface area contributed by atoms with Crippen molar-refractivity contribution in [1.82, 2.24) is 15.1 Å². The number of ether oxygens (including phenoxy) is 9. The molecule has 17 heteroatoms. The summed E-state index contributed by atoms with van der Waals surface area (Å²) < 4.78 is 56.4. The van der Waals surface area contributed by atoms with Crippen molar-refractivity contribution in [1.29, 1.82) is 0 Å². The van der Waals surface area contributed by atoms with Gasteiger partial charge in [-0.3, -0.25) is 9.69 Å². The van der Waals surface area contributed by atoms with Crippen LogP contribution in [0.5, 0.6) is 0 Å². The van der Waals surface area contributed by atoms with Crippen molar-refractivity contribution in [2.75, 3.05) is 41.3 Å². The SMILES string of the molecule is CCCCCNC(=O)O[C@H]1[C@H](C)O[C@@H](O[C@H]2[C@H](C)[C@@H](O[C@@H]3O[C@H](C)C[C@H](N(C)C)[C@H]3O)[C@](C)(O)C[C@@H](C)CN(C)[C@H](C)[C@H]3OC(=O)O[C@]3(C)[C@@H](CC)OC(=O)[C@@H]2C)C[C@@]1(C)OC. The second-order valence-electron chi connectivity index (χ2n) is 19.6. The van der Waals surface area contributed by atoms with E-state index in [-0.39, 0.29) is 36.9 Å². The number of carbonyl (C=O) groups is 3. The third-order valence-corrected chi connectivity index (χ3v) is 13.9. The first-order valence-electron chi connectivity index (χ1n) is 22.9. The van der Waals surface area contributed by atoms with E-state index in [9.17, 15) is 24.6 Å². The van der Waals surface area contributed by atoms with Crippen molar-refractivity contribution >= 4 is 18.2 Å². The molecule has 4 rings (SSSR count). The Labute approximate surface area is 370 Å². The summed E-state index contributed by atoms with van der Waals surface area (Å²) in [4.78, 5) is 44.4. The number of amides is 1. The van der Waals surface area contributed by atoms with E-state index in [1.54, 1.807) is 27.7 Å². The Morgan fingerprint density at radius 2 is 1.65 bits per heavy atom. The summed E-state index contributed by atoms with van der Waals surface area (Å²) in [6.45, 7) is 21.3. The maximum atomic E-state index is 14.7. The summed E-state index contributed by atoms with van der Waals surface area (Å²) >= 11 is 0. The fraction of sp³-hybridized carbons (Fsp3) is 0.933. The summed E-state index contributed by atoms with van der Waals surface area (Å²) in [6, 6.07) is -0.659. The lowest BCUT2D eigenvalue weighted by Gasteiger charge is -2.49. The summed E-state index contributed by atoms with van der Waals surface area (Å²) in [7, 11) is 7.23.